The van der Waals surface area contributed by atoms with E-state index in [1.165, 1.54) is 23.5 Å². The zero-order valence-electron chi connectivity index (χ0n) is 13.5. The Hall–Kier alpha value is -2.85. The van der Waals surface area contributed by atoms with E-state index < -0.39 is 6.03 Å². The monoisotopic (exact) mass is 375 g/mol. The normalized spacial score (nSPS) is 13.3. The van der Waals surface area contributed by atoms with Gasteiger partial charge in [0.15, 0.2) is 5.13 Å². The Balaban J connectivity index is 1.34. The largest absolute Gasteiger partial charge is 0.375 e. The summed E-state index contributed by atoms with van der Waals surface area (Å²) < 4.78 is 23.7. The van der Waals surface area contributed by atoms with Crippen molar-refractivity contribution in [2.45, 2.75) is 19.6 Å². The van der Waals surface area contributed by atoms with Crippen LogP contribution < -0.4 is 10.6 Å². The molecule has 0 saturated heterocycles. The molecule has 1 aliphatic rings. The predicted octanol–water partition coefficient (Wildman–Crippen LogP) is 2.73. The second-order valence-corrected chi connectivity index (χ2v) is 6.60. The first-order valence-electron chi connectivity index (χ1n) is 7.87. The van der Waals surface area contributed by atoms with E-state index in [1.54, 1.807) is 12.1 Å². The Kier molecular flexibility index (Phi) is 4.59. The summed E-state index contributed by atoms with van der Waals surface area (Å²) in [6.45, 7) is 1.22. The first kappa shape index (κ1) is 16.6. The second-order valence-electron chi connectivity index (χ2n) is 5.52. The number of thiazole rings is 1. The molecule has 0 atom stereocenters. The van der Waals surface area contributed by atoms with Crippen LogP contribution in [0.2, 0.25) is 0 Å². The lowest BCUT2D eigenvalue weighted by Crippen LogP contribution is -2.28. The third-order valence-electron chi connectivity index (χ3n) is 3.67. The average Bonchev–Trinajstić information content (AvgIpc) is 3.26. The molecule has 0 saturated carbocycles. The number of fused-ring (bicyclic) bond motifs is 1. The minimum Gasteiger partial charge on any atom is -0.375 e. The SMILES string of the molecule is O=C(NCc1nc(-c2cccc(F)c2)no1)Nc1nc2c(s1)COCC2. The summed E-state index contributed by atoms with van der Waals surface area (Å²) in [7, 11) is 0. The van der Waals surface area contributed by atoms with Gasteiger partial charge in [-0.25, -0.2) is 14.2 Å². The number of carbonyl (C=O) groups excluding carboxylic acids is 1. The van der Waals surface area contributed by atoms with E-state index in [0.29, 0.717) is 23.9 Å². The number of nitrogens with zero attached hydrogens (tertiary/aromatic N) is 3. The number of ether oxygens (including phenoxy) is 1. The van der Waals surface area contributed by atoms with Crippen molar-refractivity contribution in [3.05, 3.63) is 46.5 Å². The van der Waals surface area contributed by atoms with Crippen LogP contribution in [0.5, 0.6) is 0 Å². The highest BCUT2D eigenvalue weighted by Crippen LogP contribution is 2.26. The second kappa shape index (κ2) is 7.18. The number of anilines is 1. The molecule has 0 unspecified atom stereocenters. The summed E-state index contributed by atoms with van der Waals surface area (Å²) >= 11 is 1.39. The Morgan fingerprint density at radius 2 is 2.27 bits per heavy atom. The number of nitrogens with one attached hydrogen (secondary N) is 2. The molecule has 3 aromatic rings. The molecule has 1 aliphatic heterocycles. The molecule has 26 heavy (non-hydrogen) atoms. The van der Waals surface area contributed by atoms with E-state index in [-0.39, 0.29) is 24.1 Å². The van der Waals surface area contributed by atoms with Crippen molar-refractivity contribution >= 4 is 22.5 Å². The van der Waals surface area contributed by atoms with Gasteiger partial charge in [-0.05, 0) is 12.1 Å². The third kappa shape index (κ3) is 3.70. The highest BCUT2D eigenvalue weighted by atomic mass is 32.1. The maximum atomic E-state index is 13.2. The van der Waals surface area contributed by atoms with Crippen LogP contribution in [0.4, 0.5) is 14.3 Å². The van der Waals surface area contributed by atoms with Crippen molar-refractivity contribution in [1.82, 2.24) is 20.4 Å². The number of hydrogen-bond acceptors (Lipinski definition) is 7. The zero-order chi connectivity index (χ0) is 17.9. The summed E-state index contributed by atoms with van der Waals surface area (Å²) in [4.78, 5) is 21.5. The van der Waals surface area contributed by atoms with Gasteiger partial charge < -0.3 is 14.6 Å². The lowest BCUT2D eigenvalue weighted by molar-refractivity contribution is 0.112. The first-order chi connectivity index (χ1) is 12.7. The third-order valence-corrected chi connectivity index (χ3v) is 4.65. The molecule has 2 aromatic heterocycles. The van der Waals surface area contributed by atoms with Crippen LogP contribution in [0.1, 0.15) is 16.5 Å². The van der Waals surface area contributed by atoms with Crippen molar-refractivity contribution in [2.75, 3.05) is 11.9 Å². The highest BCUT2D eigenvalue weighted by Gasteiger charge is 2.17. The minimum atomic E-state index is -0.428. The van der Waals surface area contributed by atoms with Gasteiger partial charge in [0.2, 0.25) is 11.7 Å². The lowest BCUT2D eigenvalue weighted by Gasteiger charge is -2.08. The van der Waals surface area contributed by atoms with E-state index >= 15 is 0 Å². The van der Waals surface area contributed by atoms with Crippen LogP contribution in [-0.4, -0.2) is 27.8 Å². The Morgan fingerprint density at radius 1 is 1.35 bits per heavy atom. The van der Waals surface area contributed by atoms with Gasteiger partial charge in [-0.15, -0.1) is 0 Å². The number of halogens is 1. The van der Waals surface area contributed by atoms with Crippen LogP contribution in [0.15, 0.2) is 28.8 Å². The number of rotatable bonds is 4. The van der Waals surface area contributed by atoms with Crippen LogP contribution in [0.3, 0.4) is 0 Å². The molecule has 1 aromatic carbocycles. The quantitative estimate of drug-likeness (QED) is 0.727. The van der Waals surface area contributed by atoms with Crippen molar-refractivity contribution in [3.63, 3.8) is 0 Å². The van der Waals surface area contributed by atoms with Gasteiger partial charge in [0, 0.05) is 12.0 Å². The van der Waals surface area contributed by atoms with E-state index in [1.807, 2.05) is 0 Å². The van der Waals surface area contributed by atoms with Gasteiger partial charge in [-0.3, -0.25) is 5.32 Å². The molecule has 10 heteroatoms. The zero-order valence-corrected chi connectivity index (χ0v) is 14.3. The Bertz CT molecular complexity index is 918. The fraction of sp³-hybridized carbons (Fsp3) is 0.250. The maximum Gasteiger partial charge on any atom is 0.321 e. The number of aromatic nitrogens is 3. The van der Waals surface area contributed by atoms with E-state index in [9.17, 15) is 9.18 Å². The average molecular weight is 375 g/mol. The standard InChI is InChI=1S/C16H14FN5O3S/c17-10-3-1-2-9(6-10)14-20-13(25-22-14)7-18-15(23)21-16-19-11-4-5-24-8-12(11)26-16/h1-3,6H,4-5,7-8H2,(H2,18,19,21,23). The number of urea groups is 1. The van der Waals surface area contributed by atoms with Crippen molar-refractivity contribution in [3.8, 4) is 11.4 Å². The molecule has 2 amide bonds. The molecule has 0 spiro atoms. The van der Waals surface area contributed by atoms with Gasteiger partial charge in [0.25, 0.3) is 0 Å². The topological polar surface area (TPSA) is 102 Å². The van der Waals surface area contributed by atoms with Crippen LogP contribution in [-0.2, 0) is 24.3 Å². The summed E-state index contributed by atoms with van der Waals surface area (Å²) in [5, 5.41) is 9.60. The summed E-state index contributed by atoms with van der Waals surface area (Å²) in [6.07, 6.45) is 0.750. The van der Waals surface area contributed by atoms with Gasteiger partial charge in [0.05, 0.1) is 30.3 Å². The first-order valence-corrected chi connectivity index (χ1v) is 8.69. The lowest BCUT2D eigenvalue weighted by atomic mass is 10.2. The number of carbonyl (C=O) groups is 1. The Morgan fingerprint density at radius 3 is 3.12 bits per heavy atom. The molecule has 8 nitrogen and oxygen atoms in total. The number of hydrogen-bond donors (Lipinski definition) is 2. The number of benzene rings is 1. The molecule has 4 rings (SSSR count). The molecular formula is C16H14FN5O3S. The highest BCUT2D eigenvalue weighted by molar-refractivity contribution is 7.15. The van der Waals surface area contributed by atoms with E-state index in [0.717, 1.165) is 17.0 Å². The van der Waals surface area contributed by atoms with Crippen LogP contribution >= 0.6 is 11.3 Å². The van der Waals surface area contributed by atoms with Gasteiger partial charge in [-0.2, -0.15) is 4.98 Å². The molecule has 2 N–H and O–H groups in total. The maximum absolute atomic E-state index is 13.2. The molecular weight excluding hydrogens is 361 g/mol. The summed E-state index contributed by atoms with van der Waals surface area (Å²) in [5.41, 5.74) is 1.47. The molecule has 3 heterocycles. The summed E-state index contributed by atoms with van der Waals surface area (Å²) in [6, 6.07) is 5.45. The van der Waals surface area contributed by atoms with E-state index in [4.69, 9.17) is 9.26 Å². The van der Waals surface area contributed by atoms with Crippen LogP contribution in [0.25, 0.3) is 11.4 Å². The fourth-order valence-electron chi connectivity index (χ4n) is 2.45. The number of amides is 2. The van der Waals surface area contributed by atoms with Gasteiger partial charge in [0.1, 0.15) is 5.82 Å². The molecule has 0 radical (unpaired) electrons. The van der Waals surface area contributed by atoms with Crippen molar-refractivity contribution in [2.24, 2.45) is 0 Å². The predicted molar refractivity (Wildman–Crippen MR) is 91.0 cm³/mol. The minimum absolute atomic E-state index is 0.0440. The Labute approximate surface area is 151 Å². The molecule has 0 bridgehead atoms. The summed E-state index contributed by atoms with van der Waals surface area (Å²) in [5.74, 6) is 0.0865. The van der Waals surface area contributed by atoms with Crippen LogP contribution in [0, 0.1) is 5.82 Å². The smallest absolute Gasteiger partial charge is 0.321 e. The van der Waals surface area contributed by atoms with Gasteiger partial charge >= 0.3 is 6.03 Å². The van der Waals surface area contributed by atoms with E-state index in [2.05, 4.69) is 25.8 Å². The fourth-order valence-corrected chi connectivity index (χ4v) is 3.39. The van der Waals surface area contributed by atoms with Crippen molar-refractivity contribution in [1.29, 1.82) is 0 Å². The van der Waals surface area contributed by atoms with Crippen molar-refractivity contribution < 1.29 is 18.4 Å². The molecule has 0 aliphatic carbocycles. The molecule has 134 valence electrons. The van der Waals surface area contributed by atoms with Gasteiger partial charge in [-0.1, -0.05) is 28.6 Å². The molecule has 0 fully saturated rings.